The normalized spacial score (nSPS) is 14.2. The van der Waals surface area contributed by atoms with Crippen LogP contribution in [0.4, 0.5) is 17.5 Å². The Bertz CT molecular complexity index is 1400. The summed E-state index contributed by atoms with van der Waals surface area (Å²) in [6.07, 6.45) is 5.15. The Kier molecular flexibility index (Phi) is 6.14. The molecule has 0 radical (unpaired) electrons. The number of hydrogen-bond donors (Lipinski definition) is 1. The van der Waals surface area contributed by atoms with Gasteiger partial charge >= 0.3 is 0 Å². The Hall–Kier alpha value is -4.26. The van der Waals surface area contributed by atoms with Crippen LogP contribution in [0.25, 0.3) is 22.3 Å². The molecule has 0 saturated carbocycles. The van der Waals surface area contributed by atoms with Gasteiger partial charge in [-0.2, -0.15) is 5.26 Å². The standard InChI is InChI=1S/C25H27N9O/c1-4-35-21-12-18(23-32-28-15-33(23)3)5-6-20(21)30-25-27-14-19-11-16(2)29-24(22(19)31-25)34-9-7-17(13-26)8-10-34/h5-6,11-12,14-15,17H,4,7-10H2,1-3H3,(H,27,30,31). The van der Waals surface area contributed by atoms with Gasteiger partial charge in [-0.05, 0) is 51.0 Å². The highest BCUT2D eigenvalue weighted by atomic mass is 16.5. The summed E-state index contributed by atoms with van der Waals surface area (Å²) in [4.78, 5) is 16.4. The quantitative estimate of drug-likeness (QED) is 0.447. The number of hydrogen-bond acceptors (Lipinski definition) is 9. The van der Waals surface area contributed by atoms with Gasteiger partial charge in [-0.3, -0.25) is 0 Å². The molecule has 1 saturated heterocycles. The number of piperidine rings is 1. The van der Waals surface area contributed by atoms with Crippen molar-refractivity contribution in [3.8, 4) is 23.2 Å². The highest BCUT2D eigenvalue weighted by molar-refractivity contribution is 5.89. The smallest absolute Gasteiger partial charge is 0.227 e. The predicted molar refractivity (Wildman–Crippen MR) is 134 cm³/mol. The molecule has 0 spiro atoms. The zero-order valence-electron chi connectivity index (χ0n) is 20.1. The molecule has 0 atom stereocenters. The molecule has 1 fully saturated rings. The van der Waals surface area contributed by atoms with Crippen LogP contribution in [0.15, 0.2) is 36.8 Å². The number of rotatable bonds is 6. The molecule has 178 valence electrons. The third-order valence-electron chi connectivity index (χ3n) is 6.15. The molecule has 0 amide bonds. The average Bonchev–Trinajstić information content (AvgIpc) is 3.31. The fraction of sp³-hybridized carbons (Fsp3) is 0.360. The van der Waals surface area contributed by atoms with Crippen molar-refractivity contribution in [2.75, 3.05) is 29.9 Å². The summed E-state index contributed by atoms with van der Waals surface area (Å²) in [5.41, 5.74) is 3.36. The Balaban J connectivity index is 1.48. The number of nitrogens with one attached hydrogen (secondary N) is 1. The number of fused-ring (bicyclic) bond motifs is 1. The van der Waals surface area contributed by atoms with E-state index >= 15 is 0 Å². The maximum atomic E-state index is 9.25. The molecule has 1 aliphatic heterocycles. The number of pyridine rings is 1. The van der Waals surface area contributed by atoms with Gasteiger partial charge in [0.05, 0.1) is 18.4 Å². The molecule has 1 aromatic carbocycles. The van der Waals surface area contributed by atoms with Crippen molar-refractivity contribution >= 4 is 28.4 Å². The monoisotopic (exact) mass is 469 g/mol. The summed E-state index contributed by atoms with van der Waals surface area (Å²) < 4.78 is 7.77. The topological polar surface area (TPSA) is 118 Å². The van der Waals surface area contributed by atoms with Crippen LogP contribution in [0, 0.1) is 24.2 Å². The fourth-order valence-electron chi connectivity index (χ4n) is 4.36. The summed E-state index contributed by atoms with van der Waals surface area (Å²) in [5.74, 6) is 2.84. The average molecular weight is 470 g/mol. The lowest BCUT2D eigenvalue weighted by Gasteiger charge is -2.30. The number of anilines is 3. The lowest BCUT2D eigenvalue weighted by Crippen LogP contribution is -2.34. The SMILES string of the molecule is CCOc1cc(-c2nncn2C)ccc1Nc1ncc2cc(C)nc(N3CCC(C#N)CC3)c2n1. The first kappa shape index (κ1) is 22.5. The number of benzene rings is 1. The van der Waals surface area contributed by atoms with Crippen molar-refractivity contribution in [2.45, 2.75) is 26.7 Å². The van der Waals surface area contributed by atoms with Gasteiger partial charge in [0.2, 0.25) is 5.95 Å². The molecule has 0 bridgehead atoms. The van der Waals surface area contributed by atoms with E-state index in [-0.39, 0.29) is 5.92 Å². The van der Waals surface area contributed by atoms with Gasteiger partial charge in [-0.15, -0.1) is 10.2 Å². The minimum atomic E-state index is 0.107. The zero-order chi connectivity index (χ0) is 24.4. The van der Waals surface area contributed by atoms with Crippen molar-refractivity contribution in [2.24, 2.45) is 13.0 Å². The second kappa shape index (κ2) is 9.54. The molecule has 4 heterocycles. The molecule has 3 aromatic heterocycles. The van der Waals surface area contributed by atoms with Crippen LogP contribution in [-0.4, -0.2) is 49.4 Å². The highest BCUT2D eigenvalue weighted by Crippen LogP contribution is 2.33. The van der Waals surface area contributed by atoms with Gasteiger partial charge in [-0.25, -0.2) is 15.0 Å². The van der Waals surface area contributed by atoms with Crippen LogP contribution in [0.1, 0.15) is 25.5 Å². The van der Waals surface area contributed by atoms with E-state index in [4.69, 9.17) is 14.7 Å². The van der Waals surface area contributed by atoms with Crippen molar-refractivity contribution < 1.29 is 4.74 Å². The number of ether oxygens (including phenoxy) is 1. The van der Waals surface area contributed by atoms with E-state index < -0.39 is 0 Å². The van der Waals surface area contributed by atoms with Crippen LogP contribution >= 0.6 is 0 Å². The van der Waals surface area contributed by atoms with E-state index in [2.05, 4.69) is 31.5 Å². The number of aryl methyl sites for hydroxylation is 2. The third kappa shape index (κ3) is 4.57. The molecule has 1 aliphatic rings. The first-order valence-electron chi connectivity index (χ1n) is 11.7. The van der Waals surface area contributed by atoms with Crippen LogP contribution in [-0.2, 0) is 7.05 Å². The van der Waals surface area contributed by atoms with Crippen LogP contribution in [0.5, 0.6) is 5.75 Å². The molecule has 0 unspecified atom stereocenters. The van der Waals surface area contributed by atoms with Gasteiger partial charge in [0.15, 0.2) is 11.6 Å². The molecule has 10 nitrogen and oxygen atoms in total. The van der Waals surface area contributed by atoms with Gasteiger partial charge in [0, 0.05) is 48.9 Å². The Morgan fingerprint density at radius 1 is 1.20 bits per heavy atom. The molecule has 35 heavy (non-hydrogen) atoms. The molecule has 5 rings (SSSR count). The largest absolute Gasteiger partial charge is 0.492 e. The first-order valence-corrected chi connectivity index (χ1v) is 11.7. The number of aromatic nitrogens is 6. The molecule has 10 heteroatoms. The summed E-state index contributed by atoms with van der Waals surface area (Å²) in [7, 11) is 1.90. The minimum absolute atomic E-state index is 0.107. The maximum Gasteiger partial charge on any atom is 0.227 e. The lowest BCUT2D eigenvalue weighted by atomic mass is 9.98. The van der Waals surface area contributed by atoms with E-state index in [9.17, 15) is 5.26 Å². The Morgan fingerprint density at radius 2 is 2.03 bits per heavy atom. The molecule has 4 aromatic rings. The number of nitrogens with zero attached hydrogens (tertiary/aromatic N) is 8. The van der Waals surface area contributed by atoms with Crippen molar-refractivity contribution in [3.05, 3.63) is 42.5 Å². The second-order valence-electron chi connectivity index (χ2n) is 8.64. The molecule has 1 N–H and O–H groups in total. The van der Waals surface area contributed by atoms with Crippen molar-refractivity contribution in [1.29, 1.82) is 5.26 Å². The van der Waals surface area contributed by atoms with E-state index in [1.807, 2.05) is 55.9 Å². The summed E-state index contributed by atoms with van der Waals surface area (Å²) in [6.45, 7) is 6.01. The first-order chi connectivity index (χ1) is 17.1. The van der Waals surface area contributed by atoms with E-state index in [0.29, 0.717) is 18.3 Å². The van der Waals surface area contributed by atoms with Gasteiger partial charge in [-0.1, -0.05) is 0 Å². The van der Waals surface area contributed by atoms with Crippen molar-refractivity contribution in [3.63, 3.8) is 0 Å². The van der Waals surface area contributed by atoms with Crippen LogP contribution in [0.2, 0.25) is 0 Å². The van der Waals surface area contributed by atoms with Gasteiger partial charge in [0.1, 0.15) is 17.6 Å². The third-order valence-corrected chi connectivity index (χ3v) is 6.15. The summed E-state index contributed by atoms with van der Waals surface area (Å²) in [6, 6.07) is 10.2. The minimum Gasteiger partial charge on any atom is -0.492 e. The van der Waals surface area contributed by atoms with Crippen LogP contribution in [0.3, 0.4) is 0 Å². The number of nitriles is 1. The van der Waals surface area contributed by atoms with E-state index in [1.54, 1.807) is 6.33 Å². The fourth-order valence-corrected chi connectivity index (χ4v) is 4.36. The van der Waals surface area contributed by atoms with Gasteiger partial charge in [0.25, 0.3) is 0 Å². The van der Waals surface area contributed by atoms with E-state index in [0.717, 1.165) is 65.4 Å². The van der Waals surface area contributed by atoms with Gasteiger partial charge < -0.3 is 19.5 Å². The molecular formula is C25H27N9O. The Labute approximate surface area is 203 Å². The molecule has 0 aliphatic carbocycles. The maximum absolute atomic E-state index is 9.25. The summed E-state index contributed by atoms with van der Waals surface area (Å²) >= 11 is 0. The van der Waals surface area contributed by atoms with E-state index in [1.165, 1.54) is 0 Å². The molecular weight excluding hydrogens is 442 g/mol. The highest BCUT2D eigenvalue weighted by Gasteiger charge is 2.22. The van der Waals surface area contributed by atoms with Crippen molar-refractivity contribution in [1.82, 2.24) is 29.7 Å². The summed E-state index contributed by atoms with van der Waals surface area (Å²) in [5, 5.41) is 21.7. The van der Waals surface area contributed by atoms with Crippen LogP contribution < -0.4 is 15.0 Å². The second-order valence-corrected chi connectivity index (χ2v) is 8.64. The zero-order valence-corrected chi connectivity index (χ0v) is 20.1. The Morgan fingerprint density at radius 3 is 2.74 bits per heavy atom. The predicted octanol–water partition coefficient (Wildman–Crippen LogP) is 4.01. The lowest BCUT2D eigenvalue weighted by molar-refractivity contribution is 0.342.